The predicted octanol–water partition coefficient (Wildman–Crippen LogP) is 1.83. The van der Waals surface area contributed by atoms with Gasteiger partial charge in [0.2, 0.25) is 0 Å². The molecule has 0 bridgehead atoms. The molecule has 0 atom stereocenters. The summed E-state index contributed by atoms with van der Waals surface area (Å²) in [6.45, 7) is 0.481. The minimum absolute atomic E-state index is 0. The number of hydrogen-bond donors (Lipinski definition) is 1. The number of nitrogens with zero attached hydrogens (tertiary/aromatic N) is 2. The standard InChI is InChI=1S/C12H11N3O.ClH/c16-12(11-3-6-13-7-4-11)15-9-10-2-1-5-14-8-10;/h1-8H,9H2,(H,15,16);1H. The van der Waals surface area contributed by atoms with Gasteiger partial charge in [0, 0.05) is 36.9 Å². The van der Waals surface area contributed by atoms with E-state index < -0.39 is 0 Å². The van der Waals surface area contributed by atoms with Crippen molar-refractivity contribution in [3.63, 3.8) is 0 Å². The second-order valence-electron chi connectivity index (χ2n) is 3.28. The lowest BCUT2D eigenvalue weighted by Gasteiger charge is -2.04. The van der Waals surface area contributed by atoms with E-state index in [1.54, 1.807) is 36.9 Å². The molecule has 0 spiro atoms. The highest BCUT2D eigenvalue weighted by Gasteiger charge is 2.03. The maximum atomic E-state index is 11.7. The number of carbonyl (C=O) groups excluding carboxylic acids is 1. The first kappa shape index (κ1) is 13.1. The van der Waals surface area contributed by atoms with Crippen molar-refractivity contribution < 1.29 is 4.79 Å². The zero-order chi connectivity index (χ0) is 11.2. The van der Waals surface area contributed by atoms with Crippen molar-refractivity contribution in [2.24, 2.45) is 0 Å². The molecule has 0 fully saturated rings. The van der Waals surface area contributed by atoms with Crippen LogP contribution in [0, 0.1) is 0 Å². The Hall–Kier alpha value is -1.94. The van der Waals surface area contributed by atoms with Gasteiger partial charge in [-0.25, -0.2) is 0 Å². The van der Waals surface area contributed by atoms with Crippen molar-refractivity contribution in [3.8, 4) is 0 Å². The lowest BCUT2D eigenvalue weighted by molar-refractivity contribution is 0.0951. The van der Waals surface area contributed by atoms with Crippen LogP contribution in [0.5, 0.6) is 0 Å². The molecule has 1 amide bonds. The minimum atomic E-state index is -0.105. The summed E-state index contributed by atoms with van der Waals surface area (Å²) in [4.78, 5) is 19.5. The van der Waals surface area contributed by atoms with Gasteiger partial charge in [-0.1, -0.05) is 6.07 Å². The zero-order valence-electron chi connectivity index (χ0n) is 9.04. The van der Waals surface area contributed by atoms with E-state index in [1.807, 2.05) is 12.1 Å². The summed E-state index contributed by atoms with van der Waals surface area (Å²) in [5.41, 5.74) is 1.59. The molecule has 0 saturated carbocycles. The molecule has 2 heterocycles. The molecule has 2 aromatic heterocycles. The highest BCUT2D eigenvalue weighted by Crippen LogP contribution is 1.98. The highest BCUT2D eigenvalue weighted by molar-refractivity contribution is 5.93. The van der Waals surface area contributed by atoms with E-state index in [9.17, 15) is 4.79 Å². The van der Waals surface area contributed by atoms with Crippen molar-refractivity contribution in [1.82, 2.24) is 15.3 Å². The maximum Gasteiger partial charge on any atom is 0.251 e. The van der Waals surface area contributed by atoms with Crippen LogP contribution >= 0.6 is 12.4 Å². The monoisotopic (exact) mass is 249 g/mol. The molecule has 0 aromatic carbocycles. The Kier molecular flexibility index (Phi) is 5.10. The van der Waals surface area contributed by atoms with Gasteiger partial charge in [0.15, 0.2) is 0 Å². The smallest absolute Gasteiger partial charge is 0.251 e. The highest BCUT2D eigenvalue weighted by atomic mass is 35.5. The summed E-state index contributed by atoms with van der Waals surface area (Å²) < 4.78 is 0. The SMILES string of the molecule is Cl.O=C(NCc1cccnc1)c1ccncc1. The Labute approximate surface area is 106 Å². The van der Waals surface area contributed by atoms with Crippen LogP contribution in [0.3, 0.4) is 0 Å². The van der Waals surface area contributed by atoms with Crippen molar-refractivity contribution in [2.75, 3.05) is 0 Å². The number of pyridine rings is 2. The van der Waals surface area contributed by atoms with E-state index in [4.69, 9.17) is 0 Å². The summed E-state index contributed by atoms with van der Waals surface area (Å²) in [5, 5.41) is 2.81. The lowest BCUT2D eigenvalue weighted by atomic mass is 10.2. The third-order valence-electron chi connectivity index (χ3n) is 2.12. The summed E-state index contributed by atoms with van der Waals surface area (Å²) in [6, 6.07) is 7.12. The number of carbonyl (C=O) groups is 1. The summed E-state index contributed by atoms with van der Waals surface area (Å²) in [5.74, 6) is -0.105. The van der Waals surface area contributed by atoms with E-state index in [1.165, 1.54) is 0 Å². The average molecular weight is 250 g/mol. The van der Waals surface area contributed by atoms with Crippen LogP contribution in [0.2, 0.25) is 0 Å². The average Bonchev–Trinajstić information content (AvgIpc) is 2.38. The number of nitrogens with one attached hydrogen (secondary N) is 1. The first-order valence-corrected chi connectivity index (χ1v) is 4.93. The molecule has 0 aliphatic carbocycles. The molecule has 0 saturated heterocycles. The van der Waals surface area contributed by atoms with Gasteiger partial charge in [0.25, 0.3) is 5.91 Å². The molecule has 17 heavy (non-hydrogen) atoms. The van der Waals surface area contributed by atoms with E-state index in [0.29, 0.717) is 12.1 Å². The van der Waals surface area contributed by atoms with Crippen molar-refractivity contribution in [1.29, 1.82) is 0 Å². The van der Waals surface area contributed by atoms with Crippen molar-refractivity contribution >= 4 is 18.3 Å². The molecule has 0 unspecified atom stereocenters. The molecule has 0 radical (unpaired) electrons. The minimum Gasteiger partial charge on any atom is -0.348 e. The van der Waals surface area contributed by atoms with Gasteiger partial charge in [-0.3, -0.25) is 14.8 Å². The number of rotatable bonds is 3. The van der Waals surface area contributed by atoms with Gasteiger partial charge in [-0.15, -0.1) is 12.4 Å². The van der Waals surface area contributed by atoms with Gasteiger partial charge in [-0.2, -0.15) is 0 Å². The second-order valence-corrected chi connectivity index (χ2v) is 3.28. The Bertz CT molecular complexity index is 462. The Morgan fingerprint density at radius 2 is 1.88 bits per heavy atom. The summed E-state index contributed by atoms with van der Waals surface area (Å²) >= 11 is 0. The van der Waals surface area contributed by atoms with Gasteiger partial charge in [-0.05, 0) is 23.8 Å². The molecule has 0 aliphatic heterocycles. The Morgan fingerprint density at radius 1 is 1.12 bits per heavy atom. The van der Waals surface area contributed by atoms with Crippen molar-refractivity contribution in [2.45, 2.75) is 6.54 Å². The van der Waals surface area contributed by atoms with Gasteiger partial charge in [0.05, 0.1) is 0 Å². The third-order valence-corrected chi connectivity index (χ3v) is 2.12. The fourth-order valence-electron chi connectivity index (χ4n) is 1.29. The first-order valence-electron chi connectivity index (χ1n) is 4.93. The summed E-state index contributed by atoms with van der Waals surface area (Å²) in [6.07, 6.45) is 6.62. The third kappa shape index (κ3) is 3.85. The van der Waals surface area contributed by atoms with Gasteiger partial charge in [0.1, 0.15) is 0 Å². The van der Waals surface area contributed by atoms with Gasteiger partial charge >= 0.3 is 0 Å². The number of halogens is 1. The molecule has 1 N–H and O–H groups in total. The quantitative estimate of drug-likeness (QED) is 0.903. The Balaban J connectivity index is 0.00000144. The van der Waals surface area contributed by atoms with Crippen LogP contribution < -0.4 is 5.32 Å². The molecule has 4 nitrogen and oxygen atoms in total. The second kappa shape index (κ2) is 6.60. The fourth-order valence-corrected chi connectivity index (χ4v) is 1.29. The number of amides is 1. The van der Waals surface area contributed by atoms with E-state index in [0.717, 1.165) is 5.56 Å². The summed E-state index contributed by atoms with van der Waals surface area (Å²) in [7, 11) is 0. The van der Waals surface area contributed by atoms with E-state index >= 15 is 0 Å². The van der Waals surface area contributed by atoms with Crippen LogP contribution in [0.4, 0.5) is 0 Å². The van der Waals surface area contributed by atoms with Crippen LogP contribution in [-0.2, 0) is 6.54 Å². The van der Waals surface area contributed by atoms with E-state index in [-0.39, 0.29) is 18.3 Å². The number of aromatic nitrogens is 2. The fraction of sp³-hybridized carbons (Fsp3) is 0.0833. The molecule has 2 rings (SSSR count). The molecular weight excluding hydrogens is 238 g/mol. The van der Waals surface area contributed by atoms with E-state index in [2.05, 4.69) is 15.3 Å². The zero-order valence-corrected chi connectivity index (χ0v) is 9.85. The van der Waals surface area contributed by atoms with Crippen LogP contribution in [0.15, 0.2) is 49.1 Å². The molecule has 0 aliphatic rings. The number of hydrogen-bond acceptors (Lipinski definition) is 3. The van der Waals surface area contributed by atoms with Crippen LogP contribution in [0.1, 0.15) is 15.9 Å². The largest absolute Gasteiger partial charge is 0.348 e. The van der Waals surface area contributed by atoms with Crippen LogP contribution in [0.25, 0.3) is 0 Å². The molecule has 88 valence electrons. The van der Waals surface area contributed by atoms with Crippen LogP contribution in [-0.4, -0.2) is 15.9 Å². The molecular formula is C12H12ClN3O. The van der Waals surface area contributed by atoms with Crippen molar-refractivity contribution in [3.05, 3.63) is 60.2 Å². The predicted molar refractivity (Wildman–Crippen MR) is 66.9 cm³/mol. The molecule has 2 aromatic rings. The normalized spacial score (nSPS) is 9.18. The topological polar surface area (TPSA) is 54.9 Å². The van der Waals surface area contributed by atoms with Gasteiger partial charge < -0.3 is 5.32 Å². The Morgan fingerprint density at radius 3 is 2.53 bits per heavy atom. The lowest BCUT2D eigenvalue weighted by Crippen LogP contribution is -2.22. The molecule has 5 heteroatoms. The maximum absolute atomic E-state index is 11.7. The first-order chi connectivity index (χ1) is 7.86.